The van der Waals surface area contributed by atoms with Gasteiger partial charge >= 0.3 is 0 Å². The molecule has 1 amide bonds. The summed E-state index contributed by atoms with van der Waals surface area (Å²) in [5.41, 5.74) is 1.33. The van der Waals surface area contributed by atoms with E-state index in [1.54, 1.807) is 7.11 Å². The van der Waals surface area contributed by atoms with Gasteiger partial charge in [-0.25, -0.2) is 0 Å². The smallest absolute Gasteiger partial charge is 0.248 e. The summed E-state index contributed by atoms with van der Waals surface area (Å²) in [5, 5.41) is 0. The predicted molar refractivity (Wildman–Crippen MR) is 74.8 cm³/mol. The Morgan fingerprint density at radius 1 is 1.32 bits per heavy atom. The molecule has 1 atom stereocenters. The highest BCUT2D eigenvalue weighted by Gasteiger charge is 2.26. The molecule has 0 bridgehead atoms. The molecule has 0 aliphatic carbocycles. The van der Waals surface area contributed by atoms with Crippen molar-refractivity contribution in [1.29, 1.82) is 0 Å². The number of hydrogen-bond donors (Lipinski definition) is 0. The van der Waals surface area contributed by atoms with Crippen molar-refractivity contribution in [2.75, 3.05) is 33.4 Å². The molecule has 19 heavy (non-hydrogen) atoms. The summed E-state index contributed by atoms with van der Waals surface area (Å²) in [6.45, 7) is 5.81. The fraction of sp³-hybridized carbons (Fsp3) is 0.533. The van der Waals surface area contributed by atoms with Crippen molar-refractivity contribution in [2.45, 2.75) is 19.5 Å². The molecular formula is C15H22N2O2. The highest BCUT2D eigenvalue weighted by atomic mass is 16.5. The van der Waals surface area contributed by atoms with E-state index in [1.807, 2.05) is 11.0 Å². The van der Waals surface area contributed by atoms with E-state index in [9.17, 15) is 4.79 Å². The molecule has 1 aliphatic heterocycles. The van der Waals surface area contributed by atoms with Crippen molar-refractivity contribution in [3.8, 4) is 0 Å². The van der Waals surface area contributed by atoms with E-state index in [4.69, 9.17) is 4.74 Å². The van der Waals surface area contributed by atoms with Gasteiger partial charge in [0.25, 0.3) is 0 Å². The van der Waals surface area contributed by atoms with Crippen LogP contribution in [-0.2, 0) is 16.1 Å². The lowest BCUT2D eigenvalue weighted by Gasteiger charge is -2.39. The van der Waals surface area contributed by atoms with Gasteiger partial charge in [-0.1, -0.05) is 30.3 Å². The van der Waals surface area contributed by atoms with Crippen LogP contribution in [0, 0.1) is 0 Å². The number of benzene rings is 1. The zero-order valence-electron chi connectivity index (χ0n) is 11.7. The number of rotatable bonds is 4. The summed E-state index contributed by atoms with van der Waals surface area (Å²) in [6, 6.07) is 10.9. The fourth-order valence-electron chi connectivity index (χ4n) is 2.49. The maximum atomic E-state index is 11.8. The Bertz CT molecular complexity index is 408. The molecule has 0 radical (unpaired) electrons. The number of amides is 1. The van der Waals surface area contributed by atoms with Crippen LogP contribution in [0.5, 0.6) is 0 Å². The van der Waals surface area contributed by atoms with Crippen molar-refractivity contribution in [3.63, 3.8) is 0 Å². The van der Waals surface area contributed by atoms with Crippen LogP contribution in [-0.4, -0.2) is 55.1 Å². The largest absolute Gasteiger partial charge is 0.375 e. The van der Waals surface area contributed by atoms with Gasteiger partial charge in [-0.2, -0.15) is 0 Å². The van der Waals surface area contributed by atoms with Crippen molar-refractivity contribution in [2.24, 2.45) is 0 Å². The molecule has 2 rings (SSSR count). The minimum Gasteiger partial charge on any atom is -0.375 e. The Kier molecular flexibility index (Phi) is 4.93. The standard InChI is InChI=1S/C15H22N2O2/c1-13-10-17(15(18)12-19-2)9-8-16(13)11-14-6-4-3-5-7-14/h3-7,13H,8-12H2,1-2H3. The predicted octanol–water partition coefficient (Wildman–Crippen LogP) is 1.37. The van der Waals surface area contributed by atoms with Gasteiger partial charge in [0.1, 0.15) is 6.61 Å². The second-order valence-corrected chi connectivity index (χ2v) is 5.08. The fourth-order valence-corrected chi connectivity index (χ4v) is 2.49. The highest BCUT2D eigenvalue weighted by molar-refractivity contribution is 5.77. The van der Waals surface area contributed by atoms with E-state index < -0.39 is 0 Å². The number of piperazine rings is 1. The van der Waals surface area contributed by atoms with Gasteiger partial charge in [0.2, 0.25) is 5.91 Å². The minimum atomic E-state index is 0.0914. The lowest BCUT2D eigenvalue weighted by molar-refractivity contribution is -0.138. The highest BCUT2D eigenvalue weighted by Crippen LogP contribution is 2.13. The van der Waals surface area contributed by atoms with Crippen LogP contribution in [0.2, 0.25) is 0 Å². The van der Waals surface area contributed by atoms with Crippen LogP contribution in [0.4, 0.5) is 0 Å². The Morgan fingerprint density at radius 3 is 2.68 bits per heavy atom. The molecule has 1 aliphatic rings. The van der Waals surface area contributed by atoms with E-state index in [2.05, 4.69) is 36.1 Å². The topological polar surface area (TPSA) is 32.8 Å². The van der Waals surface area contributed by atoms with Crippen molar-refractivity contribution < 1.29 is 9.53 Å². The molecule has 1 aromatic carbocycles. The van der Waals surface area contributed by atoms with Gasteiger partial charge in [-0.3, -0.25) is 9.69 Å². The molecule has 1 saturated heterocycles. The Morgan fingerprint density at radius 2 is 2.05 bits per heavy atom. The number of nitrogens with zero attached hydrogens (tertiary/aromatic N) is 2. The summed E-state index contributed by atoms with van der Waals surface area (Å²) in [7, 11) is 1.56. The molecule has 4 nitrogen and oxygen atoms in total. The zero-order valence-corrected chi connectivity index (χ0v) is 11.7. The second-order valence-electron chi connectivity index (χ2n) is 5.08. The molecule has 0 aromatic heterocycles. The van der Waals surface area contributed by atoms with E-state index in [0.717, 1.165) is 26.2 Å². The Labute approximate surface area is 115 Å². The first-order valence-corrected chi connectivity index (χ1v) is 6.75. The molecule has 0 spiro atoms. The van der Waals surface area contributed by atoms with Crippen molar-refractivity contribution in [3.05, 3.63) is 35.9 Å². The minimum absolute atomic E-state index is 0.0914. The average Bonchev–Trinajstić information content (AvgIpc) is 2.42. The number of methoxy groups -OCH3 is 1. The molecule has 4 heteroatoms. The summed E-state index contributed by atoms with van der Waals surface area (Å²) < 4.78 is 4.91. The summed E-state index contributed by atoms with van der Waals surface area (Å²) >= 11 is 0. The third-order valence-corrected chi connectivity index (χ3v) is 3.61. The Hall–Kier alpha value is -1.39. The van der Waals surface area contributed by atoms with Crippen LogP contribution in [0.25, 0.3) is 0 Å². The second kappa shape index (κ2) is 6.68. The maximum Gasteiger partial charge on any atom is 0.248 e. The first-order valence-electron chi connectivity index (χ1n) is 6.75. The zero-order chi connectivity index (χ0) is 13.7. The summed E-state index contributed by atoms with van der Waals surface area (Å²) in [4.78, 5) is 16.1. The first-order chi connectivity index (χ1) is 9.20. The van der Waals surface area contributed by atoms with Crippen LogP contribution in [0.1, 0.15) is 12.5 Å². The summed E-state index contributed by atoms with van der Waals surface area (Å²) in [5.74, 6) is 0.0914. The van der Waals surface area contributed by atoms with Crippen LogP contribution in [0.3, 0.4) is 0 Å². The number of carbonyl (C=O) groups excluding carboxylic acids is 1. The Balaban J connectivity index is 1.88. The molecular weight excluding hydrogens is 240 g/mol. The lowest BCUT2D eigenvalue weighted by atomic mass is 10.1. The van der Waals surface area contributed by atoms with Crippen molar-refractivity contribution >= 4 is 5.91 Å². The molecule has 1 heterocycles. The molecule has 104 valence electrons. The van der Waals surface area contributed by atoms with Gasteiger partial charge in [0.15, 0.2) is 0 Å². The van der Waals surface area contributed by atoms with Gasteiger partial charge in [0, 0.05) is 39.3 Å². The molecule has 0 saturated carbocycles. The van der Waals surface area contributed by atoms with Gasteiger partial charge in [0.05, 0.1) is 0 Å². The van der Waals surface area contributed by atoms with Gasteiger partial charge in [-0.15, -0.1) is 0 Å². The van der Waals surface area contributed by atoms with Gasteiger partial charge in [-0.05, 0) is 12.5 Å². The number of hydrogen-bond acceptors (Lipinski definition) is 3. The normalized spacial score (nSPS) is 20.5. The van der Waals surface area contributed by atoms with E-state index in [1.165, 1.54) is 5.56 Å². The van der Waals surface area contributed by atoms with Gasteiger partial charge < -0.3 is 9.64 Å². The first kappa shape index (κ1) is 14.0. The lowest BCUT2D eigenvalue weighted by Crippen LogP contribution is -2.53. The van der Waals surface area contributed by atoms with Crippen LogP contribution in [0.15, 0.2) is 30.3 Å². The van der Waals surface area contributed by atoms with Crippen LogP contribution < -0.4 is 0 Å². The summed E-state index contributed by atoms with van der Waals surface area (Å²) in [6.07, 6.45) is 0. The third-order valence-electron chi connectivity index (χ3n) is 3.61. The van der Waals surface area contributed by atoms with Crippen LogP contribution >= 0.6 is 0 Å². The monoisotopic (exact) mass is 262 g/mol. The van der Waals surface area contributed by atoms with E-state index in [-0.39, 0.29) is 12.5 Å². The van der Waals surface area contributed by atoms with E-state index in [0.29, 0.717) is 6.04 Å². The molecule has 1 fully saturated rings. The molecule has 1 aromatic rings. The quantitative estimate of drug-likeness (QED) is 0.821. The number of ether oxygens (including phenoxy) is 1. The molecule has 0 N–H and O–H groups in total. The van der Waals surface area contributed by atoms with Crippen molar-refractivity contribution in [1.82, 2.24) is 9.80 Å². The third kappa shape index (κ3) is 3.78. The average molecular weight is 262 g/mol. The van der Waals surface area contributed by atoms with E-state index >= 15 is 0 Å². The maximum absolute atomic E-state index is 11.8. The SMILES string of the molecule is COCC(=O)N1CCN(Cc2ccccc2)C(C)C1. The number of carbonyl (C=O) groups is 1. The molecule has 1 unspecified atom stereocenters.